The fourth-order valence-corrected chi connectivity index (χ4v) is 3.44. The Balaban J connectivity index is 1.71. The monoisotopic (exact) mass is 399 g/mol. The van der Waals surface area contributed by atoms with Gasteiger partial charge < -0.3 is 9.88 Å². The Kier molecular flexibility index (Phi) is 5.53. The third-order valence-electron chi connectivity index (χ3n) is 4.08. The first kappa shape index (κ1) is 17.7. The molecule has 0 bridgehead atoms. The topological polar surface area (TPSA) is 46.9 Å². The van der Waals surface area contributed by atoms with Crippen LogP contribution in [0.25, 0.3) is 11.0 Å². The highest BCUT2D eigenvalue weighted by Crippen LogP contribution is 2.21. The maximum absolute atomic E-state index is 12.3. The summed E-state index contributed by atoms with van der Waals surface area (Å²) in [6.07, 6.45) is 4.78. The minimum atomic E-state index is -0.0588. The van der Waals surface area contributed by atoms with Crippen molar-refractivity contribution in [3.63, 3.8) is 0 Å². The van der Waals surface area contributed by atoms with Gasteiger partial charge in [0.05, 0.1) is 5.56 Å². The van der Waals surface area contributed by atoms with Crippen molar-refractivity contribution in [3.05, 3.63) is 64.4 Å². The van der Waals surface area contributed by atoms with E-state index in [0.29, 0.717) is 18.0 Å². The molecule has 4 nitrogen and oxygen atoms in total. The number of carbonyl (C=O) groups is 1. The number of fused-ring (bicyclic) bond motifs is 1. The van der Waals surface area contributed by atoms with E-state index in [1.54, 1.807) is 0 Å². The lowest BCUT2D eigenvalue weighted by Gasteiger charge is -2.07. The number of carbonyl (C=O) groups excluding carboxylic acids is 1. The molecule has 0 saturated carbocycles. The summed E-state index contributed by atoms with van der Waals surface area (Å²) in [6.45, 7) is 5.94. The third kappa shape index (κ3) is 4.10. The van der Waals surface area contributed by atoms with E-state index in [2.05, 4.69) is 56.9 Å². The number of benzene rings is 1. The predicted octanol–water partition coefficient (Wildman–Crippen LogP) is 4.43. The van der Waals surface area contributed by atoms with Gasteiger partial charge in [0, 0.05) is 35.3 Å². The number of hydrogen-bond donors (Lipinski definition) is 1. The molecule has 0 aliphatic rings. The summed E-state index contributed by atoms with van der Waals surface area (Å²) < 4.78 is 3.02. The van der Waals surface area contributed by atoms with Gasteiger partial charge in [-0.15, -0.1) is 0 Å². The molecular formula is C20H22BrN3O. The minimum absolute atomic E-state index is 0.0588. The van der Waals surface area contributed by atoms with Crippen molar-refractivity contribution < 1.29 is 4.79 Å². The lowest BCUT2D eigenvalue weighted by Crippen LogP contribution is -2.25. The molecule has 1 amide bonds. The number of hydrogen-bond acceptors (Lipinski definition) is 2. The number of nitrogens with zero attached hydrogens (tertiary/aromatic N) is 2. The number of halogens is 1. The van der Waals surface area contributed by atoms with Gasteiger partial charge in [-0.3, -0.25) is 4.79 Å². The van der Waals surface area contributed by atoms with Crippen molar-refractivity contribution in [2.24, 2.45) is 5.92 Å². The van der Waals surface area contributed by atoms with Crippen LogP contribution in [-0.2, 0) is 13.0 Å². The zero-order valence-electron chi connectivity index (χ0n) is 14.5. The van der Waals surface area contributed by atoms with E-state index in [1.807, 2.05) is 36.5 Å². The first-order valence-corrected chi connectivity index (χ1v) is 9.31. The smallest absolute Gasteiger partial charge is 0.252 e. The van der Waals surface area contributed by atoms with Gasteiger partial charge in [-0.25, -0.2) is 4.98 Å². The molecule has 3 rings (SSSR count). The van der Waals surface area contributed by atoms with Crippen LogP contribution in [0.15, 0.2) is 53.3 Å². The van der Waals surface area contributed by atoms with Crippen molar-refractivity contribution in [2.45, 2.75) is 26.8 Å². The van der Waals surface area contributed by atoms with Crippen LogP contribution in [0.4, 0.5) is 0 Å². The van der Waals surface area contributed by atoms with E-state index in [9.17, 15) is 4.79 Å². The van der Waals surface area contributed by atoms with Gasteiger partial charge in [-0.2, -0.15) is 0 Å². The predicted molar refractivity (Wildman–Crippen MR) is 105 cm³/mol. The summed E-state index contributed by atoms with van der Waals surface area (Å²) >= 11 is 3.42. The second kappa shape index (κ2) is 7.83. The molecule has 0 saturated heterocycles. The van der Waals surface area contributed by atoms with Crippen molar-refractivity contribution >= 4 is 32.9 Å². The third-order valence-corrected chi connectivity index (χ3v) is 4.77. The molecule has 3 aromatic rings. The lowest BCUT2D eigenvalue weighted by atomic mass is 10.1. The second-order valence-electron chi connectivity index (χ2n) is 6.56. The molecule has 0 atom stereocenters. The maximum Gasteiger partial charge on any atom is 0.252 e. The first-order chi connectivity index (χ1) is 12.1. The molecule has 0 aliphatic carbocycles. The van der Waals surface area contributed by atoms with E-state index >= 15 is 0 Å². The molecule has 5 heteroatoms. The van der Waals surface area contributed by atoms with Gasteiger partial charge in [-0.1, -0.05) is 26.0 Å². The van der Waals surface area contributed by atoms with Gasteiger partial charge in [0.2, 0.25) is 0 Å². The standard InChI is InChI=1S/C20H22BrN3O/c1-14(2)12-24-13-15(16-7-5-10-22-19(16)24)9-11-23-20(25)17-6-3-4-8-18(17)21/h3-8,10,13-14H,9,11-12H2,1-2H3,(H,23,25). The summed E-state index contributed by atoms with van der Waals surface area (Å²) in [7, 11) is 0. The Morgan fingerprint density at radius 2 is 2.04 bits per heavy atom. The van der Waals surface area contributed by atoms with E-state index in [-0.39, 0.29) is 5.91 Å². The maximum atomic E-state index is 12.3. The Hall–Kier alpha value is -2.14. The van der Waals surface area contributed by atoms with Crippen LogP contribution in [0.3, 0.4) is 0 Å². The van der Waals surface area contributed by atoms with Crippen LogP contribution in [0.2, 0.25) is 0 Å². The molecule has 1 aromatic carbocycles. The van der Waals surface area contributed by atoms with Crippen LogP contribution < -0.4 is 5.32 Å². The van der Waals surface area contributed by atoms with E-state index in [4.69, 9.17) is 0 Å². The number of aromatic nitrogens is 2. The van der Waals surface area contributed by atoms with Crippen LogP contribution in [0, 0.1) is 5.92 Å². The van der Waals surface area contributed by atoms with E-state index in [1.165, 1.54) is 10.9 Å². The summed E-state index contributed by atoms with van der Waals surface area (Å²) in [5, 5.41) is 4.17. The number of pyridine rings is 1. The number of nitrogens with one attached hydrogen (secondary N) is 1. The van der Waals surface area contributed by atoms with E-state index in [0.717, 1.165) is 23.1 Å². The van der Waals surface area contributed by atoms with Gasteiger partial charge in [-0.05, 0) is 58.1 Å². The van der Waals surface area contributed by atoms with Crippen LogP contribution >= 0.6 is 15.9 Å². The van der Waals surface area contributed by atoms with Crippen molar-refractivity contribution in [1.29, 1.82) is 0 Å². The Labute approximate surface area is 156 Å². The average Bonchev–Trinajstić information content (AvgIpc) is 2.93. The zero-order chi connectivity index (χ0) is 17.8. The molecule has 1 N–H and O–H groups in total. The molecule has 2 heterocycles. The molecule has 0 radical (unpaired) electrons. The van der Waals surface area contributed by atoms with Gasteiger partial charge in [0.15, 0.2) is 0 Å². The Morgan fingerprint density at radius 3 is 2.80 bits per heavy atom. The molecule has 0 aliphatic heterocycles. The molecule has 25 heavy (non-hydrogen) atoms. The van der Waals surface area contributed by atoms with Gasteiger partial charge in [0.1, 0.15) is 5.65 Å². The highest BCUT2D eigenvalue weighted by Gasteiger charge is 2.12. The van der Waals surface area contributed by atoms with Crippen LogP contribution in [-0.4, -0.2) is 22.0 Å². The van der Waals surface area contributed by atoms with Crippen LogP contribution in [0.1, 0.15) is 29.8 Å². The van der Waals surface area contributed by atoms with Crippen molar-refractivity contribution in [1.82, 2.24) is 14.9 Å². The normalized spacial score (nSPS) is 11.2. The minimum Gasteiger partial charge on any atom is -0.352 e. The summed E-state index contributed by atoms with van der Waals surface area (Å²) in [4.78, 5) is 16.8. The zero-order valence-corrected chi connectivity index (χ0v) is 16.1. The van der Waals surface area contributed by atoms with Gasteiger partial charge >= 0.3 is 0 Å². The number of amides is 1. The van der Waals surface area contributed by atoms with Crippen molar-refractivity contribution in [2.75, 3.05) is 6.54 Å². The molecule has 0 spiro atoms. The first-order valence-electron chi connectivity index (χ1n) is 8.51. The quantitative estimate of drug-likeness (QED) is 0.666. The summed E-state index contributed by atoms with van der Waals surface area (Å²) in [5.74, 6) is 0.497. The average molecular weight is 400 g/mol. The summed E-state index contributed by atoms with van der Waals surface area (Å²) in [5.41, 5.74) is 2.89. The fourth-order valence-electron chi connectivity index (χ4n) is 2.98. The summed E-state index contributed by atoms with van der Waals surface area (Å²) in [6, 6.07) is 11.5. The van der Waals surface area contributed by atoms with Crippen LogP contribution in [0.5, 0.6) is 0 Å². The molecule has 2 aromatic heterocycles. The Morgan fingerprint density at radius 1 is 1.24 bits per heavy atom. The molecule has 0 fully saturated rings. The number of rotatable bonds is 6. The van der Waals surface area contributed by atoms with Crippen molar-refractivity contribution in [3.8, 4) is 0 Å². The SMILES string of the molecule is CC(C)Cn1cc(CCNC(=O)c2ccccc2Br)c2cccnc21. The van der Waals surface area contributed by atoms with Gasteiger partial charge in [0.25, 0.3) is 5.91 Å². The molecule has 0 unspecified atom stereocenters. The second-order valence-corrected chi connectivity index (χ2v) is 7.42. The highest BCUT2D eigenvalue weighted by atomic mass is 79.9. The fraction of sp³-hybridized carbons (Fsp3) is 0.300. The molecular weight excluding hydrogens is 378 g/mol. The lowest BCUT2D eigenvalue weighted by molar-refractivity contribution is 0.0953. The Bertz CT molecular complexity index is 886. The van der Waals surface area contributed by atoms with E-state index < -0.39 is 0 Å². The molecule has 130 valence electrons. The highest BCUT2D eigenvalue weighted by molar-refractivity contribution is 9.10. The largest absolute Gasteiger partial charge is 0.352 e.